The topological polar surface area (TPSA) is 47.0 Å². The molecule has 0 saturated carbocycles. The number of hydrogen-bond donors (Lipinski definition) is 1. The Morgan fingerprint density at radius 2 is 2.11 bits per heavy atom. The van der Waals surface area contributed by atoms with Crippen LogP contribution < -0.4 is 10.1 Å². The molecule has 2 aromatic rings. The van der Waals surface area contributed by atoms with Gasteiger partial charge < -0.3 is 10.1 Å². The number of aryl methyl sites for hydroxylation is 1. The second-order valence-electron chi connectivity index (χ2n) is 4.15. The Labute approximate surface area is 121 Å². The van der Waals surface area contributed by atoms with Crippen molar-refractivity contribution < 1.29 is 4.74 Å². The second kappa shape index (κ2) is 6.52. The molecule has 2 rings (SSSR count). The van der Waals surface area contributed by atoms with Crippen LogP contribution in [0.1, 0.15) is 11.1 Å². The molecule has 0 spiro atoms. The number of aromatic nitrogens is 2. The number of methoxy groups -OCH3 is 1. The van der Waals surface area contributed by atoms with Crippen molar-refractivity contribution in [3.8, 4) is 5.88 Å². The number of hydrogen-bond acceptors (Lipinski definition) is 4. The van der Waals surface area contributed by atoms with Crippen LogP contribution in [0.4, 0.5) is 5.95 Å². The molecule has 0 aliphatic carbocycles. The lowest BCUT2D eigenvalue weighted by Gasteiger charge is -2.08. The fourth-order valence-corrected chi connectivity index (χ4v) is 2.13. The molecule has 0 aliphatic heterocycles. The minimum Gasteiger partial charge on any atom is -0.480 e. The molecule has 1 N–H and O–H groups in total. The summed E-state index contributed by atoms with van der Waals surface area (Å²) in [6, 6.07) is 8.37. The molecule has 0 saturated heterocycles. The van der Waals surface area contributed by atoms with Crippen molar-refractivity contribution in [3.05, 3.63) is 46.1 Å². The van der Waals surface area contributed by atoms with Crippen LogP contribution >= 0.6 is 15.9 Å². The maximum atomic E-state index is 5.13. The molecule has 0 bridgehead atoms. The largest absolute Gasteiger partial charge is 0.480 e. The highest BCUT2D eigenvalue weighted by atomic mass is 79.9. The Kier molecular flexibility index (Phi) is 4.74. The van der Waals surface area contributed by atoms with Crippen LogP contribution in [0.5, 0.6) is 5.88 Å². The lowest BCUT2D eigenvalue weighted by molar-refractivity contribution is 0.394. The number of benzene rings is 1. The van der Waals surface area contributed by atoms with Crippen molar-refractivity contribution in [2.24, 2.45) is 0 Å². The summed E-state index contributed by atoms with van der Waals surface area (Å²) in [5.41, 5.74) is 2.64. The smallest absolute Gasteiger partial charge is 0.232 e. The zero-order valence-corrected chi connectivity index (χ0v) is 12.6. The first-order valence-corrected chi connectivity index (χ1v) is 6.85. The Morgan fingerprint density at radius 1 is 1.32 bits per heavy atom. The van der Waals surface area contributed by atoms with E-state index >= 15 is 0 Å². The maximum Gasteiger partial charge on any atom is 0.232 e. The van der Waals surface area contributed by atoms with E-state index in [4.69, 9.17) is 4.74 Å². The molecule has 0 fully saturated rings. The fourth-order valence-electron chi connectivity index (χ4n) is 1.78. The third kappa shape index (κ3) is 3.67. The zero-order chi connectivity index (χ0) is 13.7. The molecule has 1 heterocycles. The van der Waals surface area contributed by atoms with Crippen molar-refractivity contribution in [1.29, 1.82) is 0 Å². The molecule has 5 heteroatoms. The predicted octanol–water partition coefficient (Wildman–Crippen LogP) is 3.21. The second-order valence-corrected chi connectivity index (χ2v) is 5.01. The van der Waals surface area contributed by atoms with Crippen molar-refractivity contribution in [3.63, 3.8) is 0 Å². The highest BCUT2D eigenvalue weighted by molar-refractivity contribution is 9.10. The van der Waals surface area contributed by atoms with Crippen LogP contribution in [-0.2, 0) is 6.42 Å². The highest BCUT2D eigenvalue weighted by Gasteiger charge is 2.04. The van der Waals surface area contributed by atoms with Gasteiger partial charge in [-0.05, 0) is 40.4 Å². The summed E-state index contributed by atoms with van der Waals surface area (Å²) in [6.07, 6.45) is 2.62. The van der Waals surface area contributed by atoms with E-state index < -0.39 is 0 Å². The zero-order valence-electron chi connectivity index (χ0n) is 11.0. The minimum atomic E-state index is 0.536. The Morgan fingerprint density at radius 3 is 2.84 bits per heavy atom. The molecule has 0 radical (unpaired) electrons. The predicted molar refractivity (Wildman–Crippen MR) is 79.7 cm³/mol. The fraction of sp³-hybridized carbons (Fsp3) is 0.286. The van der Waals surface area contributed by atoms with Gasteiger partial charge in [-0.1, -0.05) is 24.3 Å². The first-order chi connectivity index (χ1) is 9.20. The molecule has 0 amide bonds. The van der Waals surface area contributed by atoms with Crippen LogP contribution in [0.15, 0.2) is 34.9 Å². The van der Waals surface area contributed by atoms with E-state index in [9.17, 15) is 0 Å². The summed E-state index contributed by atoms with van der Waals surface area (Å²) in [5.74, 6) is 1.11. The standard InChI is InChI=1S/C14H16BrN3O/c1-10-5-3-4-6-11(10)7-8-16-14-17-9-12(15)13(18-14)19-2/h3-6,9H,7-8H2,1-2H3,(H,16,17,18). The van der Waals surface area contributed by atoms with E-state index in [2.05, 4.69) is 62.4 Å². The van der Waals surface area contributed by atoms with Gasteiger partial charge in [0, 0.05) is 6.54 Å². The lowest BCUT2D eigenvalue weighted by Crippen LogP contribution is -2.09. The molecule has 100 valence electrons. The van der Waals surface area contributed by atoms with Gasteiger partial charge in [-0.3, -0.25) is 0 Å². The summed E-state index contributed by atoms with van der Waals surface area (Å²) in [5, 5.41) is 3.20. The number of anilines is 1. The first-order valence-electron chi connectivity index (χ1n) is 6.05. The summed E-state index contributed by atoms with van der Waals surface area (Å²) < 4.78 is 5.88. The number of nitrogens with one attached hydrogen (secondary N) is 1. The maximum absolute atomic E-state index is 5.13. The molecule has 4 nitrogen and oxygen atoms in total. The number of rotatable bonds is 5. The SMILES string of the molecule is COc1nc(NCCc2ccccc2C)ncc1Br. The van der Waals surface area contributed by atoms with E-state index in [-0.39, 0.29) is 0 Å². The highest BCUT2D eigenvalue weighted by Crippen LogP contribution is 2.21. The van der Waals surface area contributed by atoms with Gasteiger partial charge in [0.25, 0.3) is 0 Å². The van der Waals surface area contributed by atoms with Crippen LogP contribution in [0, 0.1) is 6.92 Å². The van der Waals surface area contributed by atoms with Gasteiger partial charge in [0.05, 0.1) is 17.8 Å². The van der Waals surface area contributed by atoms with Gasteiger partial charge in [-0.15, -0.1) is 0 Å². The first kappa shape index (κ1) is 13.8. The third-order valence-electron chi connectivity index (χ3n) is 2.84. The molecule has 1 aromatic carbocycles. The van der Waals surface area contributed by atoms with Crippen molar-refractivity contribution >= 4 is 21.9 Å². The van der Waals surface area contributed by atoms with Crippen molar-refractivity contribution in [2.45, 2.75) is 13.3 Å². The summed E-state index contributed by atoms with van der Waals surface area (Å²) in [7, 11) is 1.59. The van der Waals surface area contributed by atoms with Crippen LogP contribution in [0.3, 0.4) is 0 Å². The van der Waals surface area contributed by atoms with Crippen molar-refractivity contribution in [1.82, 2.24) is 9.97 Å². The molecular formula is C14H16BrN3O. The average Bonchev–Trinajstić information content (AvgIpc) is 2.43. The van der Waals surface area contributed by atoms with Gasteiger partial charge >= 0.3 is 0 Å². The summed E-state index contributed by atoms with van der Waals surface area (Å²) >= 11 is 3.33. The minimum absolute atomic E-state index is 0.536. The Bertz CT molecular complexity index is 560. The van der Waals surface area contributed by atoms with E-state index in [0.29, 0.717) is 11.8 Å². The summed E-state index contributed by atoms with van der Waals surface area (Å²) in [4.78, 5) is 8.44. The average molecular weight is 322 g/mol. The van der Waals surface area contributed by atoms with E-state index in [1.165, 1.54) is 11.1 Å². The van der Waals surface area contributed by atoms with Crippen LogP contribution in [0.2, 0.25) is 0 Å². The lowest BCUT2D eigenvalue weighted by atomic mass is 10.1. The van der Waals surface area contributed by atoms with Gasteiger partial charge in [-0.2, -0.15) is 4.98 Å². The van der Waals surface area contributed by atoms with E-state index in [1.54, 1.807) is 13.3 Å². The number of halogens is 1. The molecule has 0 atom stereocenters. The monoisotopic (exact) mass is 321 g/mol. The van der Waals surface area contributed by atoms with Gasteiger partial charge in [0.1, 0.15) is 0 Å². The molecule has 0 aliphatic rings. The third-order valence-corrected chi connectivity index (χ3v) is 3.39. The summed E-state index contributed by atoms with van der Waals surface area (Å²) in [6.45, 7) is 2.91. The molecule has 19 heavy (non-hydrogen) atoms. The number of ether oxygens (including phenoxy) is 1. The van der Waals surface area contributed by atoms with E-state index in [0.717, 1.165) is 17.4 Å². The van der Waals surface area contributed by atoms with Gasteiger partial charge in [0.15, 0.2) is 0 Å². The van der Waals surface area contributed by atoms with Crippen LogP contribution in [0.25, 0.3) is 0 Å². The van der Waals surface area contributed by atoms with Crippen LogP contribution in [-0.4, -0.2) is 23.6 Å². The Hall–Kier alpha value is -1.62. The Balaban J connectivity index is 1.94. The molecular weight excluding hydrogens is 306 g/mol. The molecule has 1 aromatic heterocycles. The quantitative estimate of drug-likeness (QED) is 0.918. The van der Waals surface area contributed by atoms with E-state index in [1.807, 2.05) is 0 Å². The molecule has 0 unspecified atom stereocenters. The van der Waals surface area contributed by atoms with Gasteiger partial charge in [0.2, 0.25) is 11.8 Å². The number of nitrogens with zero attached hydrogens (tertiary/aromatic N) is 2. The normalized spacial score (nSPS) is 10.3. The van der Waals surface area contributed by atoms with Crippen molar-refractivity contribution in [2.75, 3.05) is 19.0 Å². The van der Waals surface area contributed by atoms with Gasteiger partial charge in [-0.25, -0.2) is 4.98 Å².